The molecule has 5 heteroatoms. The normalized spacial score (nSPS) is 22.6. The highest BCUT2D eigenvalue weighted by atomic mass is 16.4. The van der Waals surface area contributed by atoms with E-state index in [2.05, 4.69) is 0 Å². The number of carbonyl (C=O) groups is 2. The summed E-state index contributed by atoms with van der Waals surface area (Å²) in [6, 6.07) is -1.26. The summed E-state index contributed by atoms with van der Waals surface area (Å²) >= 11 is 0. The van der Waals surface area contributed by atoms with Crippen LogP contribution in [-0.2, 0) is 9.59 Å². The van der Waals surface area contributed by atoms with Gasteiger partial charge in [0.15, 0.2) is 0 Å². The molecular weight excluding hydrogens is 220 g/mol. The number of amides is 1. The molecule has 1 rings (SSSR count). The lowest BCUT2D eigenvalue weighted by Gasteiger charge is -2.34. The maximum atomic E-state index is 12.1. The second-order valence-electron chi connectivity index (χ2n) is 5.12. The van der Waals surface area contributed by atoms with Gasteiger partial charge in [-0.15, -0.1) is 0 Å². The average Bonchev–Trinajstić information content (AvgIpc) is 2.27. The Morgan fingerprint density at radius 1 is 1.41 bits per heavy atom. The van der Waals surface area contributed by atoms with Crippen LogP contribution in [0.25, 0.3) is 0 Å². The second kappa shape index (κ2) is 6.00. The average molecular weight is 242 g/mol. The van der Waals surface area contributed by atoms with Crippen LogP contribution in [0.3, 0.4) is 0 Å². The first kappa shape index (κ1) is 14.0. The quantitative estimate of drug-likeness (QED) is 0.764. The second-order valence-corrected chi connectivity index (χ2v) is 5.12. The highest BCUT2D eigenvalue weighted by Crippen LogP contribution is 2.19. The molecule has 1 amide bonds. The van der Waals surface area contributed by atoms with Crippen LogP contribution in [0.4, 0.5) is 0 Å². The molecule has 0 radical (unpaired) electrons. The van der Waals surface area contributed by atoms with Gasteiger partial charge >= 0.3 is 5.97 Å². The van der Waals surface area contributed by atoms with Gasteiger partial charge in [0, 0.05) is 6.54 Å². The topological polar surface area (TPSA) is 83.6 Å². The van der Waals surface area contributed by atoms with E-state index in [0.29, 0.717) is 25.3 Å². The van der Waals surface area contributed by atoms with E-state index < -0.39 is 18.1 Å². The van der Waals surface area contributed by atoms with Crippen molar-refractivity contribution in [3.8, 4) is 0 Å². The Balaban J connectivity index is 2.67. The fraction of sp³-hybridized carbons (Fsp3) is 0.833. The first-order valence-corrected chi connectivity index (χ1v) is 6.22. The summed E-state index contributed by atoms with van der Waals surface area (Å²) in [7, 11) is 0. The Morgan fingerprint density at radius 2 is 2.06 bits per heavy atom. The maximum absolute atomic E-state index is 12.1. The zero-order valence-corrected chi connectivity index (χ0v) is 10.6. The van der Waals surface area contributed by atoms with Crippen molar-refractivity contribution in [2.24, 2.45) is 11.7 Å². The monoisotopic (exact) mass is 242 g/mol. The number of piperidine rings is 1. The van der Waals surface area contributed by atoms with Crippen LogP contribution in [0.5, 0.6) is 0 Å². The minimum atomic E-state index is -0.921. The van der Waals surface area contributed by atoms with Gasteiger partial charge in [-0.25, -0.2) is 4.79 Å². The first-order chi connectivity index (χ1) is 7.93. The van der Waals surface area contributed by atoms with Gasteiger partial charge in [0.2, 0.25) is 5.91 Å². The lowest BCUT2D eigenvalue weighted by atomic mass is 9.98. The lowest BCUT2D eigenvalue weighted by molar-refractivity contribution is -0.152. The first-order valence-electron chi connectivity index (χ1n) is 6.22. The summed E-state index contributed by atoms with van der Waals surface area (Å²) in [6.45, 7) is 4.51. The third-order valence-corrected chi connectivity index (χ3v) is 3.11. The van der Waals surface area contributed by atoms with E-state index in [0.717, 1.165) is 12.8 Å². The molecule has 17 heavy (non-hydrogen) atoms. The van der Waals surface area contributed by atoms with Gasteiger partial charge in [-0.05, 0) is 31.6 Å². The number of carbonyl (C=O) groups excluding carboxylic acids is 1. The molecule has 1 fully saturated rings. The zero-order chi connectivity index (χ0) is 13.0. The van der Waals surface area contributed by atoms with E-state index in [-0.39, 0.29) is 5.91 Å². The van der Waals surface area contributed by atoms with Crippen molar-refractivity contribution in [2.45, 2.75) is 51.6 Å². The Kier molecular flexibility index (Phi) is 4.93. The summed E-state index contributed by atoms with van der Waals surface area (Å²) in [6.07, 6.45) is 2.86. The minimum absolute atomic E-state index is 0.217. The van der Waals surface area contributed by atoms with Crippen LogP contribution >= 0.6 is 0 Å². The van der Waals surface area contributed by atoms with Crippen molar-refractivity contribution in [3.05, 3.63) is 0 Å². The number of nitrogens with zero attached hydrogens (tertiary/aromatic N) is 1. The molecule has 0 aromatic heterocycles. The molecule has 0 aliphatic carbocycles. The van der Waals surface area contributed by atoms with Crippen LogP contribution in [0.2, 0.25) is 0 Å². The molecule has 5 nitrogen and oxygen atoms in total. The van der Waals surface area contributed by atoms with Crippen LogP contribution in [0, 0.1) is 5.92 Å². The summed E-state index contributed by atoms with van der Waals surface area (Å²) < 4.78 is 0. The Bertz CT molecular complexity index is 291. The molecule has 98 valence electrons. The molecule has 2 atom stereocenters. The number of carboxylic acids is 1. The third kappa shape index (κ3) is 3.70. The molecule has 1 aliphatic rings. The molecular formula is C12H22N2O3. The molecule has 0 aromatic rings. The number of carboxylic acid groups (broad SMARTS) is 1. The fourth-order valence-corrected chi connectivity index (χ4v) is 2.27. The van der Waals surface area contributed by atoms with Gasteiger partial charge in [-0.3, -0.25) is 4.79 Å². The zero-order valence-electron chi connectivity index (χ0n) is 10.6. The molecule has 0 spiro atoms. The van der Waals surface area contributed by atoms with E-state index in [1.165, 1.54) is 4.90 Å². The van der Waals surface area contributed by atoms with Crippen LogP contribution in [0.15, 0.2) is 0 Å². The third-order valence-electron chi connectivity index (χ3n) is 3.11. The summed E-state index contributed by atoms with van der Waals surface area (Å²) in [4.78, 5) is 24.6. The molecule has 1 unspecified atom stereocenters. The minimum Gasteiger partial charge on any atom is -0.480 e. The molecule has 0 bridgehead atoms. The van der Waals surface area contributed by atoms with E-state index in [1.54, 1.807) is 0 Å². The van der Waals surface area contributed by atoms with Crippen molar-refractivity contribution in [1.82, 2.24) is 4.90 Å². The lowest BCUT2D eigenvalue weighted by Crippen LogP contribution is -2.53. The van der Waals surface area contributed by atoms with Crippen molar-refractivity contribution < 1.29 is 14.7 Å². The van der Waals surface area contributed by atoms with Crippen LogP contribution < -0.4 is 5.73 Å². The number of nitrogens with two attached hydrogens (primary N) is 1. The van der Waals surface area contributed by atoms with Crippen molar-refractivity contribution >= 4 is 11.9 Å². The molecule has 0 saturated carbocycles. The number of hydrogen-bond acceptors (Lipinski definition) is 3. The van der Waals surface area contributed by atoms with Gasteiger partial charge < -0.3 is 15.7 Å². The SMILES string of the molecule is CC(C)C[C@@H](N)C(=O)N1CCCCC1C(=O)O. The summed E-state index contributed by atoms with van der Waals surface area (Å²) in [5.41, 5.74) is 5.83. The number of likely N-dealkylation sites (tertiary alicyclic amines) is 1. The highest BCUT2D eigenvalue weighted by molar-refractivity contribution is 5.87. The predicted octanol–water partition coefficient (Wildman–Crippen LogP) is 0.825. The molecule has 3 N–H and O–H groups in total. The molecule has 0 aromatic carbocycles. The largest absolute Gasteiger partial charge is 0.480 e. The number of aliphatic carboxylic acids is 1. The van der Waals surface area contributed by atoms with Gasteiger partial charge in [0.05, 0.1) is 6.04 Å². The molecule has 1 saturated heterocycles. The Labute approximate surface area is 102 Å². The van der Waals surface area contributed by atoms with Crippen LogP contribution in [-0.4, -0.2) is 40.5 Å². The van der Waals surface area contributed by atoms with E-state index >= 15 is 0 Å². The van der Waals surface area contributed by atoms with Crippen molar-refractivity contribution in [2.75, 3.05) is 6.54 Å². The van der Waals surface area contributed by atoms with Gasteiger partial charge in [-0.1, -0.05) is 13.8 Å². The van der Waals surface area contributed by atoms with E-state index in [9.17, 15) is 9.59 Å². The predicted molar refractivity (Wildman–Crippen MR) is 64.4 cm³/mol. The van der Waals surface area contributed by atoms with E-state index in [1.807, 2.05) is 13.8 Å². The molecule has 1 aliphatic heterocycles. The Hall–Kier alpha value is -1.10. The Morgan fingerprint density at radius 3 is 2.59 bits per heavy atom. The standard InChI is InChI=1S/C12H22N2O3/c1-8(2)7-9(13)11(15)14-6-4-3-5-10(14)12(16)17/h8-10H,3-7,13H2,1-2H3,(H,16,17)/t9-,10?/m1/s1. The van der Waals surface area contributed by atoms with Gasteiger partial charge in [-0.2, -0.15) is 0 Å². The summed E-state index contributed by atoms with van der Waals surface area (Å²) in [5.74, 6) is -0.803. The smallest absolute Gasteiger partial charge is 0.326 e. The summed E-state index contributed by atoms with van der Waals surface area (Å²) in [5, 5.41) is 9.09. The number of rotatable bonds is 4. The maximum Gasteiger partial charge on any atom is 0.326 e. The highest BCUT2D eigenvalue weighted by Gasteiger charge is 2.34. The van der Waals surface area contributed by atoms with Crippen LogP contribution in [0.1, 0.15) is 39.5 Å². The van der Waals surface area contributed by atoms with Crippen molar-refractivity contribution in [1.29, 1.82) is 0 Å². The molecule has 1 heterocycles. The van der Waals surface area contributed by atoms with Gasteiger partial charge in [0.25, 0.3) is 0 Å². The van der Waals surface area contributed by atoms with Crippen molar-refractivity contribution in [3.63, 3.8) is 0 Å². The van der Waals surface area contributed by atoms with Gasteiger partial charge in [0.1, 0.15) is 6.04 Å². The number of hydrogen-bond donors (Lipinski definition) is 2. The fourth-order valence-electron chi connectivity index (χ4n) is 2.27. The van der Waals surface area contributed by atoms with E-state index in [4.69, 9.17) is 10.8 Å².